The lowest BCUT2D eigenvalue weighted by molar-refractivity contribution is -0.140. The lowest BCUT2D eigenvalue weighted by Gasteiger charge is -2.32. The number of anilines is 1. The SMILES string of the molecule is COC(=O)C1=C(C(=O)OC)N(c2ccc(C)cc2C)COC1. The van der Waals surface area contributed by atoms with Crippen LogP contribution in [0.2, 0.25) is 0 Å². The molecule has 6 heteroatoms. The molecule has 1 aromatic carbocycles. The standard InChI is InChI=1S/C16H19NO5/c1-10-5-6-13(11(2)7-10)17-9-22-8-12(15(18)20-3)14(17)16(19)21-4/h5-7H,8-9H2,1-4H3. The second-order valence-electron chi connectivity index (χ2n) is 5.01. The summed E-state index contributed by atoms with van der Waals surface area (Å²) in [7, 11) is 2.54. The molecular weight excluding hydrogens is 286 g/mol. The van der Waals surface area contributed by atoms with E-state index in [1.807, 2.05) is 32.0 Å². The number of carbonyl (C=O) groups excluding carboxylic acids is 2. The van der Waals surface area contributed by atoms with Gasteiger partial charge in [-0.2, -0.15) is 0 Å². The molecule has 0 aliphatic carbocycles. The van der Waals surface area contributed by atoms with Crippen LogP contribution in [0.3, 0.4) is 0 Å². The van der Waals surface area contributed by atoms with Crippen LogP contribution in [0.5, 0.6) is 0 Å². The number of hydrogen-bond donors (Lipinski definition) is 0. The molecule has 0 atom stereocenters. The summed E-state index contributed by atoms with van der Waals surface area (Å²) in [6.45, 7) is 4.09. The summed E-state index contributed by atoms with van der Waals surface area (Å²) < 4.78 is 15.0. The van der Waals surface area contributed by atoms with Crippen LogP contribution in [0.25, 0.3) is 0 Å². The number of ether oxygens (including phenoxy) is 3. The highest BCUT2D eigenvalue weighted by molar-refractivity contribution is 6.03. The average Bonchev–Trinajstić information content (AvgIpc) is 2.52. The van der Waals surface area contributed by atoms with Crippen molar-refractivity contribution in [3.05, 3.63) is 40.6 Å². The normalized spacial score (nSPS) is 14.8. The zero-order valence-corrected chi connectivity index (χ0v) is 13.1. The minimum Gasteiger partial charge on any atom is -0.466 e. The molecule has 1 aliphatic rings. The lowest BCUT2D eigenvalue weighted by Crippen LogP contribution is -2.39. The number of carbonyl (C=O) groups is 2. The van der Waals surface area contributed by atoms with E-state index in [1.54, 1.807) is 4.90 Å². The monoisotopic (exact) mass is 305 g/mol. The predicted molar refractivity (Wildman–Crippen MR) is 80.3 cm³/mol. The zero-order chi connectivity index (χ0) is 16.3. The van der Waals surface area contributed by atoms with Gasteiger partial charge >= 0.3 is 11.9 Å². The van der Waals surface area contributed by atoms with E-state index < -0.39 is 11.9 Å². The van der Waals surface area contributed by atoms with Crippen molar-refractivity contribution in [3.63, 3.8) is 0 Å². The molecular formula is C16H19NO5. The first-order valence-corrected chi connectivity index (χ1v) is 6.82. The Hall–Kier alpha value is -2.34. The van der Waals surface area contributed by atoms with Gasteiger partial charge in [-0.1, -0.05) is 17.7 Å². The second kappa shape index (κ2) is 6.62. The Kier molecular flexibility index (Phi) is 4.82. The highest BCUT2D eigenvalue weighted by Crippen LogP contribution is 2.29. The van der Waals surface area contributed by atoms with Gasteiger partial charge in [0, 0.05) is 5.69 Å². The molecule has 118 valence electrons. The number of nitrogens with zero attached hydrogens (tertiary/aromatic N) is 1. The Morgan fingerprint density at radius 2 is 1.82 bits per heavy atom. The molecule has 2 rings (SSSR count). The van der Waals surface area contributed by atoms with Crippen LogP contribution in [0, 0.1) is 13.8 Å². The van der Waals surface area contributed by atoms with Crippen LogP contribution in [0.1, 0.15) is 11.1 Å². The van der Waals surface area contributed by atoms with Crippen LogP contribution in [-0.4, -0.2) is 39.5 Å². The fourth-order valence-corrected chi connectivity index (χ4v) is 2.44. The summed E-state index contributed by atoms with van der Waals surface area (Å²) in [6.07, 6.45) is 0. The van der Waals surface area contributed by atoms with Gasteiger partial charge < -0.3 is 19.1 Å². The van der Waals surface area contributed by atoms with Crippen LogP contribution >= 0.6 is 0 Å². The second-order valence-corrected chi connectivity index (χ2v) is 5.01. The van der Waals surface area contributed by atoms with Crippen molar-refractivity contribution in [1.29, 1.82) is 0 Å². The molecule has 0 aromatic heterocycles. The number of esters is 2. The summed E-state index contributed by atoms with van der Waals surface area (Å²) in [5.74, 6) is -1.20. The third kappa shape index (κ3) is 2.96. The molecule has 0 spiro atoms. The Bertz CT molecular complexity index is 635. The van der Waals surface area contributed by atoms with Crippen molar-refractivity contribution in [2.45, 2.75) is 13.8 Å². The number of methoxy groups -OCH3 is 2. The molecule has 1 heterocycles. The highest BCUT2D eigenvalue weighted by Gasteiger charge is 2.32. The molecule has 0 saturated carbocycles. The van der Waals surface area contributed by atoms with Crippen molar-refractivity contribution >= 4 is 17.6 Å². The van der Waals surface area contributed by atoms with Gasteiger partial charge in [0.2, 0.25) is 0 Å². The van der Waals surface area contributed by atoms with Gasteiger partial charge in [0.15, 0.2) is 0 Å². The first-order chi connectivity index (χ1) is 10.5. The fourth-order valence-electron chi connectivity index (χ4n) is 2.44. The Labute approximate surface area is 129 Å². The summed E-state index contributed by atoms with van der Waals surface area (Å²) in [5.41, 5.74) is 3.17. The maximum absolute atomic E-state index is 12.2. The van der Waals surface area contributed by atoms with Gasteiger partial charge in [-0.25, -0.2) is 9.59 Å². The Morgan fingerprint density at radius 3 is 2.41 bits per heavy atom. The quantitative estimate of drug-likeness (QED) is 0.792. The number of benzene rings is 1. The van der Waals surface area contributed by atoms with E-state index in [-0.39, 0.29) is 24.6 Å². The highest BCUT2D eigenvalue weighted by atomic mass is 16.5. The minimum absolute atomic E-state index is 0.0124. The predicted octanol–water partition coefficient (Wildman–Crippen LogP) is 1.70. The van der Waals surface area contributed by atoms with Gasteiger partial charge in [0.1, 0.15) is 12.4 Å². The summed E-state index contributed by atoms with van der Waals surface area (Å²) in [6, 6.07) is 5.82. The van der Waals surface area contributed by atoms with E-state index in [1.165, 1.54) is 14.2 Å². The van der Waals surface area contributed by atoms with E-state index in [4.69, 9.17) is 14.2 Å². The Morgan fingerprint density at radius 1 is 1.14 bits per heavy atom. The fraction of sp³-hybridized carbons (Fsp3) is 0.375. The molecule has 1 aliphatic heterocycles. The topological polar surface area (TPSA) is 65.1 Å². The van der Waals surface area contributed by atoms with E-state index in [0.29, 0.717) is 0 Å². The van der Waals surface area contributed by atoms with Gasteiger partial charge in [0.05, 0.1) is 26.4 Å². The van der Waals surface area contributed by atoms with E-state index in [0.717, 1.165) is 16.8 Å². The summed E-state index contributed by atoms with van der Waals surface area (Å²) in [5, 5.41) is 0. The molecule has 0 saturated heterocycles. The summed E-state index contributed by atoms with van der Waals surface area (Å²) >= 11 is 0. The van der Waals surface area contributed by atoms with Gasteiger partial charge in [-0.05, 0) is 25.5 Å². The largest absolute Gasteiger partial charge is 0.466 e. The smallest absolute Gasteiger partial charge is 0.355 e. The minimum atomic E-state index is -0.602. The third-order valence-corrected chi connectivity index (χ3v) is 3.48. The first kappa shape index (κ1) is 16.0. The number of hydrogen-bond acceptors (Lipinski definition) is 6. The van der Waals surface area contributed by atoms with Crippen LogP contribution in [0.15, 0.2) is 29.5 Å². The summed E-state index contributed by atoms with van der Waals surface area (Å²) in [4.78, 5) is 25.7. The molecule has 0 amide bonds. The van der Waals surface area contributed by atoms with E-state index in [9.17, 15) is 9.59 Å². The zero-order valence-electron chi connectivity index (χ0n) is 13.1. The van der Waals surface area contributed by atoms with E-state index in [2.05, 4.69) is 0 Å². The molecule has 0 N–H and O–H groups in total. The van der Waals surface area contributed by atoms with E-state index >= 15 is 0 Å². The molecule has 0 bridgehead atoms. The van der Waals surface area contributed by atoms with Crippen LogP contribution in [0.4, 0.5) is 5.69 Å². The van der Waals surface area contributed by atoms with Crippen molar-refractivity contribution in [2.75, 3.05) is 32.5 Å². The maximum atomic E-state index is 12.2. The molecule has 22 heavy (non-hydrogen) atoms. The van der Waals surface area contributed by atoms with Gasteiger partial charge in [-0.3, -0.25) is 0 Å². The molecule has 0 radical (unpaired) electrons. The number of rotatable bonds is 3. The molecule has 1 aromatic rings. The van der Waals surface area contributed by atoms with Crippen LogP contribution in [-0.2, 0) is 23.8 Å². The maximum Gasteiger partial charge on any atom is 0.355 e. The van der Waals surface area contributed by atoms with Crippen molar-refractivity contribution in [2.24, 2.45) is 0 Å². The third-order valence-electron chi connectivity index (χ3n) is 3.48. The van der Waals surface area contributed by atoms with Gasteiger partial charge in [0.25, 0.3) is 0 Å². The Balaban J connectivity index is 2.57. The van der Waals surface area contributed by atoms with Crippen molar-refractivity contribution in [1.82, 2.24) is 0 Å². The molecule has 6 nitrogen and oxygen atoms in total. The van der Waals surface area contributed by atoms with Crippen LogP contribution < -0.4 is 4.90 Å². The van der Waals surface area contributed by atoms with Crippen molar-refractivity contribution < 1.29 is 23.8 Å². The number of aryl methyl sites for hydroxylation is 2. The van der Waals surface area contributed by atoms with Gasteiger partial charge in [-0.15, -0.1) is 0 Å². The lowest BCUT2D eigenvalue weighted by atomic mass is 10.1. The molecule has 0 fully saturated rings. The average molecular weight is 305 g/mol. The first-order valence-electron chi connectivity index (χ1n) is 6.82. The molecule has 0 unspecified atom stereocenters. The van der Waals surface area contributed by atoms with Crippen molar-refractivity contribution in [3.8, 4) is 0 Å².